The van der Waals surface area contributed by atoms with Gasteiger partial charge < -0.3 is 10.4 Å². The van der Waals surface area contributed by atoms with Crippen LogP contribution < -0.4 is 5.32 Å². The summed E-state index contributed by atoms with van der Waals surface area (Å²) in [4.78, 5) is 16.5. The molecule has 2 heterocycles. The maximum absolute atomic E-state index is 12.3. The van der Waals surface area contributed by atoms with Gasteiger partial charge in [0.15, 0.2) is 5.82 Å². The van der Waals surface area contributed by atoms with E-state index in [2.05, 4.69) is 15.4 Å². The number of nitrogens with one attached hydrogen (secondary N) is 1. The van der Waals surface area contributed by atoms with Gasteiger partial charge in [-0.3, -0.25) is 4.79 Å². The highest BCUT2D eigenvalue weighted by Crippen LogP contribution is 2.24. The number of amides is 1. The third-order valence-electron chi connectivity index (χ3n) is 4.26. The normalized spacial score (nSPS) is 21.0. The molecule has 0 aromatic carbocycles. The number of carbonyl (C=O) groups excluding carboxylic acids is 1. The summed E-state index contributed by atoms with van der Waals surface area (Å²) in [5, 5.41) is 17.0. The van der Waals surface area contributed by atoms with E-state index in [0.717, 1.165) is 25.0 Å². The fourth-order valence-electron chi connectivity index (χ4n) is 2.92. The zero-order chi connectivity index (χ0) is 15.5. The van der Waals surface area contributed by atoms with Gasteiger partial charge in [-0.05, 0) is 31.9 Å². The first-order valence-electron chi connectivity index (χ1n) is 7.59. The lowest BCUT2D eigenvalue weighted by molar-refractivity contribution is 0.0916. The van der Waals surface area contributed by atoms with Crippen molar-refractivity contribution in [1.82, 2.24) is 20.1 Å². The Bertz CT molecular complexity index is 653. The van der Waals surface area contributed by atoms with E-state index in [1.54, 1.807) is 17.1 Å². The lowest BCUT2D eigenvalue weighted by atomic mass is 10.1. The summed E-state index contributed by atoms with van der Waals surface area (Å²) < 4.78 is 1.65. The second kappa shape index (κ2) is 6.27. The summed E-state index contributed by atoms with van der Waals surface area (Å²) in [6.07, 6.45) is 5.78. The Kier molecular flexibility index (Phi) is 4.20. The van der Waals surface area contributed by atoms with Crippen molar-refractivity contribution >= 4 is 5.91 Å². The summed E-state index contributed by atoms with van der Waals surface area (Å²) in [6.45, 7) is 2.36. The minimum Gasteiger partial charge on any atom is -0.393 e. The van der Waals surface area contributed by atoms with Gasteiger partial charge in [0.2, 0.25) is 0 Å². The van der Waals surface area contributed by atoms with Gasteiger partial charge in [0, 0.05) is 18.7 Å². The van der Waals surface area contributed by atoms with Crippen LogP contribution in [0.1, 0.15) is 35.3 Å². The van der Waals surface area contributed by atoms with Crippen LogP contribution in [0.15, 0.2) is 30.6 Å². The molecule has 116 valence electrons. The van der Waals surface area contributed by atoms with Gasteiger partial charge in [-0.1, -0.05) is 12.5 Å². The molecule has 0 aliphatic heterocycles. The van der Waals surface area contributed by atoms with Gasteiger partial charge in [-0.15, -0.1) is 0 Å². The summed E-state index contributed by atoms with van der Waals surface area (Å²) >= 11 is 0. The zero-order valence-electron chi connectivity index (χ0n) is 12.6. The van der Waals surface area contributed by atoms with Crippen LogP contribution in [0.4, 0.5) is 0 Å². The third-order valence-corrected chi connectivity index (χ3v) is 4.26. The van der Waals surface area contributed by atoms with Crippen molar-refractivity contribution in [2.75, 3.05) is 6.54 Å². The SMILES string of the molecule is Cc1c(C(=O)NCC2CCCC2O)cnn1-c1ccccn1. The molecule has 22 heavy (non-hydrogen) atoms. The van der Waals surface area contributed by atoms with Crippen molar-refractivity contribution in [3.63, 3.8) is 0 Å². The first-order valence-corrected chi connectivity index (χ1v) is 7.59. The Morgan fingerprint density at radius 3 is 3.00 bits per heavy atom. The minimum absolute atomic E-state index is 0.154. The lowest BCUT2D eigenvalue weighted by Crippen LogP contribution is -2.32. The smallest absolute Gasteiger partial charge is 0.254 e. The summed E-state index contributed by atoms with van der Waals surface area (Å²) in [5.74, 6) is 0.694. The lowest BCUT2D eigenvalue weighted by Gasteiger charge is -2.14. The van der Waals surface area contributed by atoms with Gasteiger partial charge >= 0.3 is 0 Å². The number of hydrogen-bond donors (Lipinski definition) is 2. The quantitative estimate of drug-likeness (QED) is 0.896. The molecule has 1 saturated carbocycles. The summed E-state index contributed by atoms with van der Waals surface area (Å²) in [5.41, 5.74) is 1.29. The van der Waals surface area contributed by atoms with Crippen LogP contribution in [0.25, 0.3) is 5.82 Å². The number of aliphatic hydroxyl groups is 1. The molecule has 2 unspecified atom stereocenters. The molecule has 0 bridgehead atoms. The molecule has 2 aromatic heterocycles. The molecule has 6 nitrogen and oxygen atoms in total. The van der Waals surface area contributed by atoms with Crippen molar-refractivity contribution in [3.8, 4) is 5.82 Å². The average Bonchev–Trinajstić information content (AvgIpc) is 3.12. The Morgan fingerprint density at radius 2 is 2.32 bits per heavy atom. The second-order valence-electron chi connectivity index (χ2n) is 5.71. The highest BCUT2D eigenvalue weighted by Gasteiger charge is 2.26. The fourth-order valence-corrected chi connectivity index (χ4v) is 2.92. The number of nitrogens with zero attached hydrogens (tertiary/aromatic N) is 3. The number of aliphatic hydroxyl groups excluding tert-OH is 1. The number of rotatable bonds is 4. The first-order chi connectivity index (χ1) is 10.7. The summed E-state index contributed by atoms with van der Waals surface area (Å²) in [7, 11) is 0. The van der Waals surface area contributed by atoms with Gasteiger partial charge in [0.25, 0.3) is 5.91 Å². The molecule has 2 N–H and O–H groups in total. The Hall–Kier alpha value is -2.21. The second-order valence-corrected chi connectivity index (χ2v) is 5.71. The van der Waals surface area contributed by atoms with E-state index in [4.69, 9.17) is 0 Å². The van der Waals surface area contributed by atoms with Crippen molar-refractivity contribution in [1.29, 1.82) is 0 Å². The maximum Gasteiger partial charge on any atom is 0.254 e. The van der Waals surface area contributed by atoms with E-state index in [9.17, 15) is 9.90 Å². The number of aromatic nitrogens is 3. The standard InChI is InChI=1S/C16H20N4O2/c1-11-13(10-19-20(11)15-7-2-3-8-17-15)16(22)18-9-12-5-4-6-14(12)21/h2-3,7-8,10,12,14,21H,4-6,9H2,1H3,(H,18,22). The molecule has 2 atom stereocenters. The van der Waals surface area contributed by atoms with Crippen LogP contribution >= 0.6 is 0 Å². The number of hydrogen-bond acceptors (Lipinski definition) is 4. The predicted octanol–water partition coefficient (Wildman–Crippen LogP) is 1.47. The van der Waals surface area contributed by atoms with Crippen molar-refractivity contribution in [2.24, 2.45) is 5.92 Å². The van der Waals surface area contributed by atoms with E-state index in [1.807, 2.05) is 25.1 Å². The Labute approximate surface area is 129 Å². The molecule has 1 aliphatic rings. The van der Waals surface area contributed by atoms with Crippen LogP contribution in [0, 0.1) is 12.8 Å². The Balaban J connectivity index is 1.70. The predicted molar refractivity (Wildman–Crippen MR) is 81.8 cm³/mol. The first kappa shape index (κ1) is 14.7. The van der Waals surface area contributed by atoms with E-state index < -0.39 is 0 Å². The van der Waals surface area contributed by atoms with Gasteiger partial charge in [0.1, 0.15) is 0 Å². The molecule has 3 rings (SSSR count). The monoisotopic (exact) mass is 300 g/mol. The highest BCUT2D eigenvalue weighted by atomic mass is 16.3. The third kappa shape index (κ3) is 2.87. The topological polar surface area (TPSA) is 80.0 Å². The molecule has 1 fully saturated rings. The zero-order valence-corrected chi connectivity index (χ0v) is 12.6. The highest BCUT2D eigenvalue weighted by molar-refractivity contribution is 5.95. The van der Waals surface area contributed by atoms with Gasteiger partial charge in [-0.2, -0.15) is 5.10 Å². The molecule has 0 radical (unpaired) electrons. The maximum atomic E-state index is 12.3. The molecule has 1 aliphatic carbocycles. The fraction of sp³-hybridized carbons (Fsp3) is 0.438. The van der Waals surface area contributed by atoms with E-state index in [-0.39, 0.29) is 17.9 Å². The van der Waals surface area contributed by atoms with Gasteiger partial charge in [0.05, 0.1) is 23.6 Å². The van der Waals surface area contributed by atoms with E-state index in [1.165, 1.54) is 0 Å². The number of carbonyl (C=O) groups is 1. The van der Waals surface area contributed by atoms with E-state index >= 15 is 0 Å². The van der Waals surface area contributed by atoms with Crippen molar-refractivity contribution in [3.05, 3.63) is 41.9 Å². The molecular formula is C16H20N4O2. The van der Waals surface area contributed by atoms with E-state index in [0.29, 0.717) is 17.9 Å². The molecular weight excluding hydrogens is 280 g/mol. The molecule has 2 aromatic rings. The largest absolute Gasteiger partial charge is 0.393 e. The molecule has 6 heteroatoms. The van der Waals surface area contributed by atoms with Crippen molar-refractivity contribution < 1.29 is 9.90 Å². The minimum atomic E-state index is -0.294. The van der Waals surface area contributed by atoms with Crippen molar-refractivity contribution in [2.45, 2.75) is 32.3 Å². The molecule has 0 saturated heterocycles. The molecule has 1 amide bonds. The van der Waals surface area contributed by atoms with Crippen LogP contribution in [0.5, 0.6) is 0 Å². The van der Waals surface area contributed by atoms with Crippen LogP contribution in [0.3, 0.4) is 0 Å². The Morgan fingerprint density at radius 1 is 1.45 bits per heavy atom. The van der Waals surface area contributed by atoms with Crippen LogP contribution in [-0.2, 0) is 0 Å². The van der Waals surface area contributed by atoms with Crippen LogP contribution in [-0.4, -0.2) is 38.4 Å². The summed E-state index contributed by atoms with van der Waals surface area (Å²) in [6, 6.07) is 5.56. The van der Waals surface area contributed by atoms with Gasteiger partial charge in [-0.25, -0.2) is 9.67 Å². The number of pyridine rings is 1. The average molecular weight is 300 g/mol. The molecule has 0 spiro atoms. The van der Waals surface area contributed by atoms with Crippen LogP contribution in [0.2, 0.25) is 0 Å².